The van der Waals surface area contributed by atoms with E-state index in [2.05, 4.69) is 25.7 Å². The first-order valence-electron chi connectivity index (χ1n) is 4.16. The van der Waals surface area contributed by atoms with Crippen molar-refractivity contribution in [1.82, 2.24) is 20.4 Å². The standard InChI is InChI=1S/C8H7Cl2N5/c9-7-1-6(8(10)15-14-7)11-2-5-3-12-13-4-5/h1,3-4H,2H2,(H,11,14)(H,12,13). The first-order chi connectivity index (χ1) is 7.25. The molecule has 0 aromatic carbocycles. The molecule has 2 rings (SSSR count). The maximum Gasteiger partial charge on any atom is 0.174 e. The molecule has 0 amide bonds. The largest absolute Gasteiger partial charge is 0.378 e. The van der Waals surface area contributed by atoms with Gasteiger partial charge in [-0.15, -0.1) is 10.2 Å². The maximum atomic E-state index is 5.82. The number of nitrogens with one attached hydrogen (secondary N) is 2. The van der Waals surface area contributed by atoms with Gasteiger partial charge in [-0.3, -0.25) is 5.10 Å². The molecule has 7 heteroatoms. The Labute approximate surface area is 95.8 Å². The van der Waals surface area contributed by atoms with E-state index in [1.54, 1.807) is 18.5 Å². The molecule has 5 nitrogen and oxygen atoms in total. The Hall–Kier alpha value is -1.33. The zero-order chi connectivity index (χ0) is 10.7. The van der Waals surface area contributed by atoms with Gasteiger partial charge in [0.1, 0.15) is 0 Å². The van der Waals surface area contributed by atoms with E-state index in [4.69, 9.17) is 23.2 Å². The van der Waals surface area contributed by atoms with Crippen molar-refractivity contribution in [3.8, 4) is 0 Å². The summed E-state index contributed by atoms with van der Waals surface area (Å²) in [6.07, 6.45) is 3.51. The molecule has 0 spiro atoms. The third-order valence-corrected chi connectivity index (χ3v) is 2.22. The fourth-order valence-electron chi connectivity index (χ4n) is 1.05. The van der Waals surface area contributed by atoms with Crippen LogP contribution in [0.5, 0.6) is 0 Å². The Bertz CT molecular complexity index is 442. The van der Waals surface area contributed by atoms with Crippen molar-refractivity contribution in [2.75, 3.05) is 5.32 Å². The van der Waals surface area contributed by atoms with E-state index in [-0.39, 0.29) is 0 Å². The first kappa shape index (κ1) is 10.2. The minimum absolute atomic E-state index is 0.294. The SMILES string of the molecule is Clc1cc(NCc2cn[nH]c2)c(Cl)nn1. The average Bonchev–Trinajstić information content (AvgIpc) is 2.72. The molecular weight excluding hydrogens is 237 g/mol. The number of hydrogen-bond acceptors (Lipinski definition) is 4. The molecule has 2 aromatic rings. The molecule has 0 saturated carbocycles. The van der Waals surface area contributed by atoms with Crippen molar-refractivity contribution < 1.29 is 0 Å². The van der Waals surface area contributed by atoms with Crippen LogP contribution in [0.4, 0.5) is 5.69 Å². The van der Waals surface area contributed by atoms with E-state index in [0.717, 1.165) is 5.56 Å². The van der Waals surface area contributed by atoms with E-state index >= 15 is 0 Å². The van der Waals surface area contributed by atoms with Crippen LogP contribution in [0.1, 0.15) is 5.56 Å². The molecule has 15 heavy (non-hydrogen) atoms. The summed E-state index contributed by atoms with van der Waals surface area (Å²) in [4.78, 5) is 0. The Balaban J connectivity index is 2.07. The molecule has 0 saturated heterocycles. The third kappa shape index (κ3) is 2.57. The van der Waals surface area contributed by atoms with Gasteiger partial charge in [0.25, 0.3) is 0 Å². The van der Waals surface area contributed by atoms with Crippen LogP contribution in [0.15, 0.2) is 18.5 Å². The molecule has 78 valence electrons. The number of H-pyrrole nitrogens is 1. The molecule has 2 heterocycles. The van der Waals surface area contributed by atoms with Crippen molar-refractivity contribution in [3.05, 3.63) is 34.3 Å². The van der Waals surface area contributed by atoms with Crippen molar-refractivity contribution in [3.63, 3.8) is 0 Å². The lowest BCUT2D eigenvalue weighted by Crippen LogP contribution is -2.00. The molecule has 0 unspecified atom stereocenters. The lowest BCUT2D eigenvalue weighted by atomic mass is 10.3. The van der Waals surface area contributed by atoms with Crippen LogP contribution in [-0.4, -0.2) is 20.4 Å². The van der Waals surface area contributed by atoms with Crippen LogP contribution in [-0.2, 0) is 6.54 Å². The van der Waals surface area contributed by atoms with Gasteiger partial charge in [0.05, 0.1) is 11.9 Å². The first-order valence-corrected chi connectivity index (χ1v) is 4.91. The smallest absolute Gasteiger partial charge is 0.174 e. The normalized spacial score (nSPS) is 10.3. The topological polar surface area (TPSA) is 66.5 Å². The molecule has 0 aliphatic rings. The zero-order valence-corrected chi connectivity index (χ0v) is 9.05. The number of halogens is 2. The molecule has 0 bridgehead atoms. The highest BCUT2D eigenvalue weighted by Gasteiger charge is 2.03. The number of rotatable bonds is 3. The average molecular weight is 244 g/mol. The maximum absolute atomic E-state index is 5.82. The highest BCUT2D eigenvalue weighted by molar-refractivity contribution is 6.33. The Morgan fingerprint density at radius 2 is 2.20 bits per heavy atom. The van der Waals surface area contributed by atoms with Crippen molar-refractivity contribution in [1.29, 1.82) is 0 Å². The van der Waals surface area contributed by atoms with E-state index in [1.807, 2.05) is 0 Å². The number of nitrogens with zero attached hydrogens (tertiary/aromatic N) is 3. The van der Waals surface area contributed by atoms with E-state index in [1.165, 1.54) is 0 Å². The summed E-state index contributed by atoms with van der Waals surface area (Å²) in [5, 5.41) is 17.5. The summed E-state index contributed by atoms with van der Waals surface area (Å²) >= 11 is 11.5. The van der Waals surface area contributed by atoms with Crippen LogP contribution in [0.2, 0.25) is 10.3 Å². The van der Waals surface area contributed by atoms with E-state index in [0.29, 0.717) is 22.5 Å². The fourth-order valence-corrected chi connectivity index (χ4v) is 1.35. The zero-order valence-electron chi connectivity index (χ0n) is 7.54. The van der Waals surface area contributed by atoms with Gasteiger partial charge in [-0.1, -0.05) is 23.2 Å². The lowest BCUT2D eigenvalue weighted by Gasteiger charge is -2.05. The highest BCUT2D eigenvalue weighted by atomic mass is 35.5. The van der Waals surface area contributed by atoms with Crippen molar-refractivity contribution >= 4 is 28.9 Å². The summed E-state index contributed by atoms with van der Waals surface area (Å²) in [5.41, 5.74) is 1.66. The van der Waals surface area contributed by atoms with Gasteiger partial charge < -0.3 is 5.32 Å². The predicted octanol–water partition coefficient (Wildman–Crippen LogP) is 2.12. The molecule has 2 N–H and O–H groups in total. The Morgan fingerprint density at radius 1 is 1.33 bits per heavy atom. The second kappa shape index (κ2) is 4.46. The molecular formula is C8H7Cl2N5. The molecule has 0 radical (unpaired) electrons. The van der Waals surface area contributed by atoms with Gasteiger partial charge >= 0.3 is 0 Å². The third-order valence-electron chi connectivity index (χ3n) is 1.76. The summed E-state index contributed by atoms with van der Waals surface area (Å²) in [5.74, 6) is 0. The van der Waals surface area contributed by atoms with Gasteiger partial charge in [0, 0.05) is 24.4 Å². The highest BCUT2D eigenvalue weighted by Crippen LogP contribution is 2.21. The van der Waals surface area contributed by atoms with Crippen molar-refractivity contribution in [2.45, 2.75) is 6.54 Å². The van der Waals surface area contributed by atoms with E-state index in [9.17, 15) is 0 Å². The monoisotopic (exact) mass is 243 g/mol. The molecule has 2 aromatic heterocycles. The van der Waals surface area contributed by atoms with E-state index < -0.39 is 0 Å². The summed E-state index contributed by atoms with van der Waals surface area (Å²) in [6.45, 7) is 0.595. The second-order valence-corrected chi connectivity index (χ2v) is 3.58. The van der Waals surface area contributed by atoms with Gasteiger partial charge in [-0.25, -0.2) is 0 Å². The number of anilines is 1. The van der Waals surface area contributed by atoms with Gasteiger partial charge in [0.2, 0.25) is 0 Å². The predicted molar refractivity (Wildman–Crippen MR) is 58.0 cm³/mol. The number of hydrogen-bond donors (Lipinski definition) is 2. The Kier molecular flexibility index (Phi) is 3.03. The van der Waals surface area contributed by atoms with Gasteiger partial charge in [0.15, 0.2) is 10.3 Å². The molecule has 0 aliphatic heterocycles. The quantitative estimate of drug-likeness (QED) is 0.867. The van der Waals surface area contributed by atoms with Gasteiger partial charge in [-0.2, -0.15) is 5.10 Å². The van der Waals surface area contributed by atoms with Gasteiger partial charge in [-0.05, 0) is 0 Å². The molecule has 0 atom stereocenters. The number of aromatic amines is 1. The van der Waals surface area contributed by atoms with Crippen LogP contribution >= 0.6 is 23.2 Å². The Morgan fingerprint density at radius 3 is 2.93 bits per heavy atom. The molecule has 0 aliphatic carbocycles. The summed E-state index contributed by atoms with van der Waals surface area (Å²) in [7, 11) is 0. The lowest BCUT2D eigenvalue weighted by molar-refractivity contribution is 1.02. The van der Waals surface area contributed by atoms with Crippen molar-refractivity contribution in [2.24, 2.45) is 0 Å². The van der Waals surface area contributed by atoms with Crippen LogP contribution in [0, 0.1) is 0 Å². The summed E-state index contributed by atoms with van der Waals surface area (Å²) in [6, 6.07) is 1.62. The molecule has 0 fully saturated rings. The summed E-state index contributed by atoms with van der Waals surface area (Å²) < 4.78 is 0. The van der Waals surface area contributed by atoms with Crippen LogP contribution in [0.3, 0.4) is 0 Å². The number of aromatic nitrogens is 4. The fraction of sp³-hybridized carbons (Fsp3) is 0.125. The minimum Gasteiger partial charge on any atom is -0.378 e. The van der Waals surface area contributed by atoms with Crippen LogP contribution in [0.25, 0.3) is 0 Å². The minimum atomic E-state index is 0.294. The van der Waals surface area contributed by atoms with Crippen LogP contribution < -0.4 is 5.32 Å². The second-order valence-electron chi connectivity index (χ2n) is 2.83.